The topological polar surface area (TPSA) is 0 Å². The van der Waals surface area contributed by atoms with Crippen LogP contribution in [0.15, 0.2) is 173 Å². The van der Waals surface area contributed by atoms with E-state index in [1.165, 1.54) is 87.0 Å². The first-order valence-electron chi connectivity index (χ1n) is 16.1. The molecule has 1 aliphatic carbocycles. The number of benzene rings is 7. The smallest absolute Gasteiger partial charge is 0.0716 e. The van der Waals surface area contributed by atoms with E-state index in [0.717, 1.165) is 0 Å². The second kappa shape index (κ2) is 10.5. The highest BCUT2D eigenvalue weighted by molar-refractivity contribution is 7.99. The molecule has 0 radical (unpaired) electrons. The molecule has 218 valence electrons. The van der Waals surface area contributed by atoms with E-state index in [1.54, 1.807) is 0 Å². The van der Waals surface area contributed by atoms with Crippen molar-refractivity contribution in [2.75, 3.05) is 0 Å². The molecule has 1 heteroatoms. The first kappa shape index (κ1) is 27.2. The van der Waals surface area contributed by atoms with Gasteiger partial charge in [-0.3, -0.25) is 0 Å². The Morgan fingerprint density at radius 3 is 2.07 bits per heavy atom. The van der Waals surface area contributed by atoms with Crippen molar-refractivity contribution in [2.45, 2.75) is 29.1 Å². The van der Waals surface area contributed by atoms with Crippen molar-refractivity contribution in [3.8, 4) is 22.3 Å². The Kier molecular flexibility index (Phi) is 6.20. The lowest BCUT2D eigenvalue weighted by molar-refractivity contribution is 0.768. The van der Waals surface area contributed by atoms with Gasteiger partial charge >= 0.3 is 0 Å². The number of hydrogen-bond acceptors (Lipinski definition) is 1. The van der Waals surface area contributed by atoms with E-state index in [-0.39, 0.29) is 0 Å². The second-order valence-corrected chi connectivity index (χ2v) is 13.5. The van der Waals surface area contributed by atoms with Gasteiger partial charge in [0.05, 0.1) is 5.41 Å². The fraction of sp³-hybridized carbons (Fsp3) is 0.0667. The maximum atomic E-state index is 2.38. The third kappa shape index (κ3) is 3.76. The Bertz CT molecular complexity index is 2390. The summed E-state index contributed by atoms with van der Waals surface area (Å²) in [4.78, 5) is 2.66. The van der Waals surface area contributed by atoms with Crippen LogP contribution in [0.3, 0.4) is 0 Å². The summed E-state index contributed by atoms with van der Waals surface area (Å²) in [6.07, 6.45) is 4.54. The van der Waals surface area contributed by atoms with Gasteiger partial charge in [0.1, 0.15) is 0 Å². The van der Waals surface area contributed by atoms with Gasteiger partial charge in [-0.25, -0.2) is 0 Å². The molecule has 1 aliphatic heterocycles. The molecule has 1 heterocycles. The summed E-state index contributed by atoms with van der Waals surface area (Å²) in [6, 6.07) is 54.3. The van der Waals surface area contributed by atoms with Crippen molar-refractivity contribution >= 4 is 38.9 Å². The Morgan fingerprint density at radius 1 is 0.522 bits per heavy atom. The summed E-state index contributed by atoms with van der Waals surface area (Å²) < 4.78 is 0. The normalized spacial score (nSPS) is 16.7. The first-order chi connectivity index (χ1) is 22.7. The Morgan fingerprint density at radius 2 is 1.22 bits per heavy atom. The van der Waals surface area contributed by atoms with Gasteiger partial charge in [-0.1, -0.05) is 157 Å². The van der Waals surface area contributed by atoms with Crippen molar-refractivity contribution in [1.82, 2.24) is 0 Å². The highest BCUT2D eigenvalue weighted by Crippen LogP contribution is 2.57. The molecule has 0 bridgehead atoms. The maximum Gasteiger partial charge on any atom is 0.0716 e. The lowest BCUT2D eigenvalue weighted by Gasteiger charge is -2.36. The number of hydrogen-bond donors (Lipinski definition) is 0. The van der Waals surface area contributed by atoms with Gasteiger partial charge in [0.2, 0.25) is 0 Å². The van der Waals surface area contributed by atoms with Crippen LogP contribution in [0.1, 0.15) is 36.1 Å². The zero-order valence-corrected chi connectivity index (χ0v) is 26.7. The van der Waals surface area contributed by atoms with Crippen LogP contribution in [-0.4, -0.2) is 0 Å². The molecule has 0 N–H and O–H groups in total. The molecule has 0 amide bonds. The monoisotopic (exact) mass is 604 g/mol. The Hall–Kier alpha value is -5.11. The molecule has 1 unspecified atom stereocenters. The third-order valence-electron chi connectivity index (χ3n) is 10.1. The summed E-state index contributed by atoms with van der Waals surface area (Å²) in [5.41, 5.74) is 12.7. The molecule has 0 aromatic heterocycles. The van der Waals surface area contributed by atoms with Crippen molar-refractivity contribution in [3.63, 3.8) is 0 Å². The molecule has 0 nitrogen and oxygen atoms in total. The van der Waals surface area contributed by atoms with E-state index in [9.17, 15) is 0 Å². The average Bonchev–Trinajstić information content (AvgIpc) is 3.37. The Labute approximate surface area is 274 Å². The molecule has 7 aromatic rings. The van der Waals surface area contributed by atoms with Gasteiger partial charge in [-0.15, -0.1) is 0 Å². The minimum atomic E-state index is -0.438. The summed E-state index contributed by atoms with van der Waals surface area (Å²) in [6.45, 7) is 4.43. The summed E-state index contributed by atoms with van der Waals surface area (Å²) in [5, 5.41) is 5.26. The highest BCUT2D eigenvalue weighted by Gasteiger charge is 2.46. The fourth-order valence-corrected chi connectivity index (χ4v) is 9.28. The van der Waals surface area contributed by atoms with Crippen LogP contribution in [0.2, 0.25) is 0 Å². The van der Waals surface area contributed by atoms with Crippen molar-refractivity contribution < 1.29 is 0 Å². The summed E-state index contributed by atoms with van der Waals surface area (Å²) >= 11 is 1.88. The first-order valence-corrected chi connectivity index (χ1v) is 16.9. The third-order valence-corrected chi connectivity index (χ3v) is 11.2. The van der Waals surface area contributed by atoms with Gasteiger partial charge < -0.3 is 0 Å². The predicted octanol–water partition coefficient (Wildman–Crippen LogP) is 12.5. The molecule has 7 aromatic carbocycles. The molecule has 46 heavy (non-hydrogen) atoms. The van der Waals surface area contributed by atoms with E-state index in [0.29, 0.717) is 0 Å². The average molecular weight is 605 g/mol. The molecule has 0 saturated carbocycles. The van der Waals surface area contributed by atoms with Crippen molar-refractivity contribution in [3.05, 3.63) is 186 Å². The van der Waals surface area contributed by atoms with E-state index in [2.05, 4.69) is 172 Å². The van der Waals surface area contributed by atoms with Gasteiger partial charge in [-0.2, -0.15) is 0 Å². The van der Waals surface area contributed by atoms with E-state index < -0.39 is 5.41 Å². The van der Waals surface area contributed by atoms with Crippen LogP contribution in [0.4, 0.5) is 0 Å². The van der Waals surface area contributed by atoms with Gasteiger partial charge in [-0.05, 0) is 97.8 Å². The van der Waals surface area contributed by atoms with Gasteiger partial charge in [0.15, 0.2) is 0 Å². The SMILES string of the molecule is C/C=C\C1=C(C)c2ccc3ccccc3c2C1(c1ccccc1)c1ccc(-c2ccc3c4c(cccc24)-c2ccccc2S3)cc1. The summed E-state index contributed by atoms with van der Waals surface area (Å²) in [7, 11) is 0. The van der Waals surface area contributed by atoms with E-state index in [1.807, 2.05) is 11.8 Å². The summed E-state index contributed by atoms with van der Waals surface area (Å²) in [5.74, 6) is 0. The number of allylic oxidation sites excluding steroid dienone is 4. The minimum absolute atomic E-state index is 0.438. The molecule has 1 atom stereocenters. The minimum Gasteiger partial charge on any atom is -0.0888 e. The maximum absolute atomic E-state index is 2.38. The predicted molar refractivity (Wildman–Crippen MR) is 197 cm³/mol. The molecular weight excluding hydrogens is 573 g/mol. The Balaban J connectivity index is 1.28. The zero-order chi connectivity index (χ0) is 30.8. The molecule has 0 spiro atoms. The molecule has 2 aliphatic rings. The molecule has 0 saturated heterocycles. The lowest BCUT2D eigenvalue weighted by atomic mass is 9.65. The largest absolute Gasteiger partial charge is 0.0888 e. The molecular formula is C45H32S. The van der Waals surface area contributed by atoms with Crippen molar-refractivity contribution in [1.29, 1.82) is 0 Å². The number of fused-ring (bicyclic) bond motifs is 5. The zero-order valence-electron chi connectivity index (χ0n) is 25.9. The van der Waals surface area contributed by atoms with Crippen LogP contribution < -0.4 is 0 Å². The standard InChI is InChI=1S/C45H32S/c1-3-12-40-29(2)34-26-23-30-13-7-8-16-36(30)44(34)45(40,32-14-5-4-6-15-32)33-24-21-31(22-25-33)35-27-28-42-43-38(35)18-11-19-39(43)37-17-9-10-20-41(37)46-42/h3-28H,1-2H3/b12-3-. The van der Waals surface area contributed by atoms with Gasteiger partial charge in [0.25, 0.3) is 0 Å². The van der Waals surface area contributed by atoms with Crippen LogP contribution in [-0.2, 0) is 5.41 Å². The van der Waals surface area contributed by atoms with Gasteiger partial charge in [0, 0.05) is 15.2 Å². The van der Waals surface area contributed by atoms with Crippen LogP contribution >= 0.6 is 11.8 Å². The quantitative estimate of drug-likeness (QED) is 0.193. The lowest BCUT2D eigenvalue weighted by Crippen LogP contribution is -2.29. The molecule has 0 fully saturated rings. The molecule has 9 rings (SSSR count). The number of rotatable bonds is 4. The second-order valence-electron chi connectivity index (χ2n) is 12.4. The van der Waals surface area contributed by atoms with E-state index >= 15 is 0 Å². The van der Waals surface area contributed by atoms with Crippen LogP contribution in [0, 0.1) is 0 Å². The van der Waals surface area contributed by atoms with E-state index in [4.69, 9.17) is 0 Å². The van der Waals surface area contributed by atoms with Crippen LogP contribution in [0.25, 0.3) is 49.4 Å². The fourth-order valence-electron chi connectivity index (χ4n) is 8.15. The van der Waals surface area contributed by atoms with Crippen LogP contribution in [0.5, 0.6) is 0 Å². The highest BCUT2D eigenvalue weighted by atomic mass is 32.2. The van der Waals surface area contributed by atoms with Crippen molar-refractivity contribution in [2.24, 2.45) is 0 Å².